The summed E-state index contributed by atoms with van der Waals surface area (Å²) in [5, 5.41) is 6.11. The van der Waals surface area contributed by atoms with Crippen molar-refractivity contribution in [3.05, 3.63) is 39.3 Å². The highest BCUT2D eigenvalue weighted by atomic mass is 32.1. The monoisotopic (exact) mass is 306 g/mol. The average Bonchev–Trinajstić information content (AvgIpc) is 3.05. The SMILES string of the molecule is Cc1nn(C)c(C)c1[C@H](C)C(=O)NNC(=O)c1cccs1. The predicted molar refractivity (Wildman–Crippen MR) is 81.0 cm³/mol. The first kappa shape index (κ1) is 15.2. The molecule has 2 N–H and O–H groups in total. The van der Waals surface area contributed by atoms with E-state index in [9.17, 15) is 9.59 Å². The minimum Gasteiger partial charge on any atom is -0.273 e. The van der Waals surface area contributed by atoms with Crippen molar-refractivity contribution in [3.63, 3.8) is 0 Å². The highest BCUT2D eigenvalue weighted by molar-refractivity contribution is 7.12. The van der Waals surface area contributed by atoms with Crippen LogP contribution in [-0.2, 0) is 11.8 Å². The second kappa shape index (κ2) is 6.09. The van der Waals surface area contributed by atoms with Crippen molar-refractivity contribution in [1.82, 2.24) is 20.6 Å². The van der Waals surface area contributed by atoms with Gasteiger partial charge >= 0.3 is 0 Å². The summed E-state index contributed by atoms with van der Waals surface area (Å²) in [5.41, 5.74) is 7.54. The first-order valence-corrected chi connectivity index (χ1v) is 7.43. The first-order valence-electron chi connectivity index (χ1n) is 6.55. The molecule has 112 valence electrons. The largest absolute Gasteiger partial charge is 0.279 e. The van der Waals surface area contributed by atoms with Gasteiger partial charge < -0.3 is 0 Å². The van der Waals surface area contributed by atoms with Gasteiger partial charge in [0, 0.05) is 18.3 Å². The second-order valence-electron chi connectivity index (χ2n) is 4.85. The van der Waals surface area contributed by atoms with Crippen LogP contribution in [0.5, 0.6) is 0 Å². The molecule has 0 bridgehead atoms. The van der Waals surface area contributed by atoms with Crippen LogP contribution in [0.4, 0.5) is 0 Å². The Morgan fingerprint density at radius 1 is 1.33 bits per heavy atom. The van der Waals surface area contributed by atoms with Gasteiger partial charge in [0.25, 0.3) is 5.91 Å². The Bertz CT molecular complexity index is 661. The van der Waals surface area contributed by atoms with E-state index in [0.29, 0.717) is 4.88 Å². The number of rotatable bonds is 3. The zero-order valence-corrected chi connectivity index (χ0v) is 13.2. The standard InChI is InChI=1S/C14H18N4O2S/c1-8(12-9(2)17-18(4)10(12)3)13(19)15-16-14(20)11-6-5-7-21-11/h5-8H,1-4H3,(H,15,19)(H,16,20)/t8-/m0/s1. The summed E-state index contributed by atoms with van der Waals surface area (Å²) in [6.45, 7) is 5.59. The van der Waals surface area contributed by atoms with Gasteiger partial charge in [-0.15, -0.1) is 11.3 Å². The number of amides is 2. The molecule has 2 heterocycles. The number of aryl methyl sites for hydroxylation is 2. The van der Waals surface area contributed by atoms with Gasteiger partial charge in [-0.2, -0.15) is 5.10 Å². The summed E-state index contributed by atoms with van der Waals surface area (Å²) in [7, 11) is 1.84. The average molecular weight is 306 g/mol. The van der Waals surface area contributed by atoms with E-state index in [-0.39, 0.29) is 17.7 Å². The van der Waals surface area contributed by atoms with Crippen molar-refractivity contribution in [2.24, 2.45) is 7.05 Å². The Morgan fingerprint density at radius 2 is 2.05 bits per heavy atom. The molecule has 2 rings (SSSR count). The lowest BCUT2D eigenvalue weighted by Crippen LogP contribution is -2.43. The van der Waals surface area contributed by atoms with Crippen LogP contribution in [0.2, 0.25) is 0 Å². The number of hydrogen-bond donors (Lipinski definition) is 2. The number of nitrogens with one attached hydrogen (secondary N) is 2. The maximum Gasteiger partial charge on any atom is 0.279 e. The van der Waals surface area contributed by atoms with Crippen molar-refractivity contribution in [2.45, 2.75) is 26.7 Å². The molecule has 2 amide bonds. The van der Waals surface area contributed by atoms with E-state index in [0.717, 1.165) is 17.0 Å². The molecule has 0 aromatic carbocycles. The number of aromatic nitrogens is 2. The van der Waals surface area contributed by atoms with Crippen molar-refractivity contribution in [3.8, 4) is 0 Å². The topological polar surface area (TPSA) is 76.0 Å². The molecule has 2 aromatic heterocycles. The van der Waals surface area contributed by atoms with E-state index in [2.05, 4.69) is 16.0 Å². The summed E-state index contributed by atoms with van der Waals surface area (Å²) in [4.78, 5) is 24.5. The fourth-order valence-electron chi connectivity index (χ4n) is 2.24. The molecule has 0 spiro atoms. The van der Waals surface area contributed by atoms with Gasteiger partial charge in [-0.3, -0.25) is 25.1 Å². The smallest absolute Gasteiger partial charge is 0.273 e. The van der Waals surface area contributed by atoms with Gasteiger partial charge in [0.05, 0.1) is 16.5 Å². The summed E-state index contributed by atoms with van der Waals surface area (Å²) in [5.74, 6) is -0.966. The molecule has 0 fully saturated rings. The van der Waals surface area contributed by atoms with Crippen molar-refractivity contribution >= 4 is 23.2 Å². The molecule has 0 saturated carbocycles. The summed E-state index contributed by atoms with van der Waals surface area (Å²) in [6, 6.07) is 3.48. The molecule has 0 saturated heterocycles. The normalized spacial score (nSPS) is 12.0. The van der Waals surface area contributed by atoms with Crippen LogP contribution in [0, 0.1) is 13.8 Å². The van der Waals surface area contributed by atoms with Crippen LogP contribution >= 0.6 is 11.3 Å². The Balaban J connectivity index is 2.02. The Morgan fingerprint density at radius 3 is 2.57 bits per heavy atom. The third-order valence-corrected chi connectivity index (χ3v) is 4.30. The Hall–Kier alpha value is -2.15. The molecule has 0 aliphatic rings. The van der Waals surface area contributed by atoms with Gasteiger partial charge in [0.15, 0.2) is 0 Å². The zero-order chi connectivity index (χ0) is 15.6. The maximum atomic E-state index is 12.2. The van der Waals surface area contributed by atoms with Crippen LogP contribution in [-0.4, -0.2) is 21.6 Å². The minimum absolute atomic E-state index is 0.265. The van der Waals surface area contributed by atoms with Crippen molar-refractivity contribution < 1.29 is 9.59 Å². The highest BCUT2D eigenvalue weighted by Crippen LogP contribution is 2.22. The van der Waals surface area contributed by atoms with E-state index in [1.165, 1.54) is 11.3 Å². The quantitative estimate of drug-likeness (QED) is 0.847. The lowest BCUT2D eigenvalue weighted by atomic mass is 9.98. The van der Waals surface area contributed by atoms with Crippen molar-refractivity contribution in [1.29, 1.82) is 0 Å². The first-order chi connectivity index (χ1) is 9.91. The van der Waals surface area contributed by atoms with Crippen LogP contribution in [0.3, 0.4) is 0 Å². The molecule has 21 heavy (non-hydrogen) atoms. The summed E-state index contributed by atoms with van der Waals surface area (Å²) < 4.78 is 1.75. The molecule has 1 atom stereocenters. The fraction of sp³-hybridized carbons (Fsp3) is 0.357. The van der Waals surface area contributed by atoms with Gasteiger partial charge in [-0.1, -0.05) is 6.07 Å². The number of nitrogens with zero attached hydrogens (tertiary/aromatic N) is 2. The zero-order valence-electron chi connectivity index (χ0n) is 12.4. The third kappa shape index (κ3) is 3.13. The van der Waals surface area contributed by atoms with Crippen molar-refractivity contribution in [2.75, 3.05) is 0 Å². The fourth-order valence-corrected chi connectivity index (χ4v) is 2.86. The van der Waals surface area contributed by atoms with Gasteiger partial charge in [-0.25, -0.2) is 0 Å². The highest BCUT2D eigenvalue weighted by Gasteiger charge is 2.23. The molecule has 6 nitrogen and oxygen atoms in total. The Labute approximate surface area is 127 Å². The second-order valence-corrected chi connectivity index (χ2v) is 5.80. The number of hydrogen-bond acceptors (Lipinski definition) is 4. The van der Waals surface area contributed by atoms with E-state index in [4.69, 9.17) is 0 Å². The van der Waals surface area contributed by atoms with Gasteiger partial charge in [0.1, 0.15) is 0 Å². The molecule has 0 radical (unpaired) electrons. The van der Waals surface area contributed by atoms with Crippen LogP contribution in [0.1, 0.15) is 39.5 Å². The van der Waals surface area contributed by atoms with E-state index in [1.807, 2.05) is 26.3 Å². The number of hydrazine groups is 1. The molecule has 7 heteroatoms. The van der Waals surface area contributed by atoms with E-state index < -0.39 is 0 Å². The molecular weight excluding hydrogens is 288 g/mol. The summed E-state index contributed by atoms with van der Waals surface area (Å²) >= 11 is 1.32. The van der Waals surface area contributed by atoms with E-state index >= 15 is 0 Å². The van der Waals surface area contributed by atoms with Gasteiger partial charge in [-0.05, 0) is 32.2 Å². The number of carbonyl (C=O) groups excluding carboxylic acids is 2. The van der Waals surface area contributed by atoms with Crippen LogP contribution in [0.15, 0.2) is 17.5 Å². The lowest BCUT2D eigenvalue weighted by molar-refractivity contribution is -0.123. The van der Waals surface area contributed by atoms with E-state index in [1.54, 1.807) is 23.7 Å². The number of carbonyl (C=O) groups is 2. The summed E-state index contributed by atoms with van der Waals surface area (Å²) in [6.07, 6.45) is 0. The maximum absolute atomic E-state index is 12.2. The third-order valence-electron chi connectivity index (χ3n) is 3.44. The molecule has 0 aliphatic heterocycles. The molecular formula is C14H18N4O2S. The molecule has 0 aliphatic carbocycles. The number of thiophene rings is 1. The minimum atomic E-state index is -0.387. The molecule has 2 aromatic rings. The van der Waals surface area contributed by atoms with Crippen LogP contribution < -0.4 is 10.9 Å². The Kier molecular flexibility index (Phi) is 4.42. The van der Waals surface area contributed by atoms with Gasteiger partial charge in [0.2, 0.25) is 5.91 Å². The molecule has 0 unspecified atom stereocenters. The van der Waals surface area contributed by atoms with Crippen LogP contribution in [0.25, 0.3) is 0 Å². The predicted octanol–water partition coefficient (Wildman–Crippen LogP) is 1.66. The lowest BCUT2D eigenvalue weighted by Gasteiger charge is -2.13.